The molecular weight excluding hydrogens is 815 g/mol. The first-order chi connectivity index (χ1) is 32.9. The smallest absolute Gasteiger partial charge is 0.180 e. The van der Waals surface area contributed by atoms with Gasteiger partial charge in [-0.2, -0.15) is 0 Å². The molecule has 0 saturated heterocycles. The molecule has 2 aliphatic carbocycles. The number of aromatic nitrogens is 3. The van der Waals surface area contributed by atoms with Gasteiger partial charge in [0.2, 0.25) is 0 Å². The molecule has 14 rings (SSSR count). The molecule has 314 valence electrons. The summed E-state index contributed by atoms with van der Waals surface area (Å²) >= 11 is 0. The number of rotatable bonds is 5. The zero-order chi connectivity index (χ0) is 44.5. The van der Waals surface area contributed by atoms with Gasteiger partial charge >= 0.3 is 0 Å². The molecule has 0 fully saturated rings. The van der Waals surface area contributed by atoms with Crippen LogP contribution in [0.5, 0.6) is 0 Å². The molecule has 12 aromatic rings. The summed E-state index contributed by atoms with van der Waals surface area (Å²) in [5, 5.41) is 3.41. The Morgan fingerprint density at radius 3 is 1.96 bits per heavy atom. The van der Waals surface area contributed by atoms with Crippen molar-refractivity contribution in [2.45, 2.75) is 19.3 Å². The summed E-state index contributed by atoms with van der Waals surface area (Å²) < 4.78 is 9.07. The fraction of sp³-hybridized carbons (Fsp3) is 0.0476. The van der Waals surface area contributed by atoms with Crippen LogP contribution in [-0.4, -0.2) is 14.5 Å². The van der Waals surface area contributed by atoms with Crippen LogP contribution in [-0.2, 0) is 5.41 Å². The van der Waals surface area contributed by atoms with Crippen molar-refractivity contribution in [3.8, 4) is 72.8 Å². The standard InChI is InChI=1S/C63H41N3O/c1-37-44-29-25-41(42-26-31-56-50(33-42)48-20-11-13-24-55(48)66(56)43-28-30-47-46-19-10-12-23-53(46)63(2,3)54(47)36-43)34-51(44)58-45(37)21-14-22-49(58)62-64-59(39-17-8-5-9-18-39)61-60(65-62)52-35-40(27-32-57(52)67-61)38-15-6-4-7-16-38/h4-36H,1H2,2-3H3. The third-order valence-corrected chi connectivity index (χ3v) is 14.5. The van der Waals surface area contributed by atoms with E-state index in [1.54, 1.807) is 0 Å². The zero-order valence-corrected chi connectivity index (χ0v) is 37.0. The van der Waals surface area contributed by atoms with E-state index in [0.29, 0.717) is 11.4 Å². The average molecular weight is 856 g/mol. The molecule has 0 spiro atoms. The summed E-state index contributed by atoms with van der Waals surface area (Å²) in [4.78, 5) is 10.8. The normalized spacial score (nSPS) is 13.4. The maximum atomic E-state index is 6.63. The lowest BCUT2D eigenvalue weighted by Crippen LogP contribution is -2.15. The highest BCUT2D eigenvalue weighted by Crippen LogP contribution is 2.51. The van der Waals surface area contributed by atoms with Gasteiger partial charge in [0, 0.05) is 44.0 Å². The lowest BCUT2D eigenvalue weighted by molar-refractivity contribution is 0.660. The minimum Gasteiger partial charge on any atom is -0.452 e. The molecule has 0 unspecified atom stereocenters. The Balaban J connectivity index is 0.918. The Morgan fingerprint density at radius 1 is 0.448 bits per heavy atom. The van der Waals surface area contributed by atoms with E-state index in [1.807, 2.05) is 24.3 Å². The van der Waals surface area contributed by atoms with Crippen LogP contribution >= 0.6 is 0 Å². The van der Waals surface area contributed by atoms with Gasteiger partial charge in [-0.15, -0.1) is 0 Å². The van der Waals surface area contributed by atoms with E-state index in [1.165, 1.54) is 49.7 Å². The van der Waals surface area contributed by atoms with Gasteiger partial charge in [0.25, 0.3) is 0 Å². The lowest BCUT2D eigenvalue weighted by Gasteiger charge is -2.22. The highest BCUT2D eigenvalue weighted by molar-refractivity contribution is 6.12. The summed E-state index contributed by atoms with van der Waals surface area (Å²) in [5.74, 6) is 0.648. The minimum absolute atomic E-state index is 0.0888. The molecule has 0 bridgehead atoms. The van der Waals surface area contributed by atoms with E-state index in [4.69, 9.17) is 14.4 Å². The molecule has 9 aromatic carbocycles. The van der Waals surface area contributed by atoms with E-state index in [9.17, 15) is 0 Å². The maximum Gasteiger partial charge on any atom is 0.180 e. The van der Waals surface area contributed by atoms with Crippen molar-refractivity contribution in [2.75, 3.05) is 0 Å². The Bertz CT molecular complexity index is 4080. The molecule has 0 atom stereocenters. The van der Waals surface area contributed by atoms with E-state index in [0.717, 1.165) is 83.4 Å². The summed E-state index contributed by atoms with van der Waals surface area (Å²) in [6.45, 7) is 9.35. The van der Waals surface area contributed by atoms with Crippen LogP contribution in [0, 0.1) is 0 Å². The molecule has 0 aliphatic heterocycles. The van der Waals surface area contributed by atoms with Crippen molar-refractivity contribution < 1.29 is 4.42 Å². The Hall–Kier alpha value is -8.60. The van der Waals surface area contributed by atoms with Gasteiger partial charge in [0.15, 0.2) is 11.4 Å². The fourth-order valence-electron chi connectivity index (χ4n) is 11.2. The fourth-order valence-corrected chi connectivity index (χ4v) is 11.2. The number of fused-ring (bicyclic) bond motifs is 12. The maximum absolute atomic E-state index is 6.63. The molecule has 3 heterocycles. The minimum atomic E-state index is -0.0888. The first-order valence-electron chi connectivity index (χ1n) is 23.0. The summed E-state index contributed by atoms with van der Waals surface area (Å²) in [5.41, 5.74) is 23.8. The van der Waals surface area contributed by atoms with Crippen LogP contribution in [0.1, 0.15) is 36.1 Å². The van der Waals surface area contributed by atoms with Crippen molar-refractivity contribution >= 4 is 49.4 Å². The highest BCUT2D eigenvalue weighted by Gasteiger charge is 2.35. The summed E-state index contributed by atoms with van der Waals surface area (Å²) in [6, 6.07) is 72.0. The SMILES string of the molecule is C=C1c2ccc(-c3ccc4c(c3)c3ccccc3n4-c3ccc4c(c3)C(C)(C)c3ccccc3-4)cc2-c2c1cccc2-c1nc(-c2ccccc2)c2oc3ccc(-c4ccccc4)cc3c2n1. The number of hydrogen-bond acceptors (Lipinski definition) is 3. The van der Waals surface area contributed by atoms with Gasteiger partial charge in [-0.05, 0) is 115 Å². The zero-order valence-electron chi connectivity index (χ0n) is 37.0. The largest absolute Gasteiger partial charge is 0.452 e. The molecule has 2 aliphatic rings. The number of benzene rings is 9. The molecule has 0 radical (unpaired) electrons. The predicted molar refractivity (Wildman–Crippen MR) is 277 cm³/mol. The van der Waals surface area contributed by atoms with E-state index < -0.39 is 0 Å². The van der Waals surface area contributed by atoms with Gasteiger partial charge in [0.05, 0.1) is 11.0 Å². The third-order valence-electron chi connectivity index (χ3n) is 14.5. The van der Waals surface area contributed by atoms with Crippen molar-refractivity contribution in [1.29, 1.82) is 0 Å². The van der Waals surface area contributed by atoms with Crippen LogP contribution < -0.4 is 0 Å². The van der Waals surface area contributed by atoms with Crippen molar-refractivity contribution in [1.82, 2.24) is 14.5 Å². The topological polar surface area (TPSA) is 43.9 Å². The van der Waals surface area contributed by atoms with Gasteiger partial charge < -0.3 is 8.98 Å². The van der Waals surface area contributed by atoms with Crippen molar-refractivity contribution in [2.24, 2.45) is 0 Å². The monoisotopic (exact) mass is 855 g/mol. The van der Waals surface area contributed by atoms with Crippen LogP contribution in [0.4, 0.5) is 0 Å². The van der Waals surface area contributed by atoms with Crippen LogP contribution in [0.3, 0.4) is 0 Å². The quantitative estimate of drug-likeness (QED) is 0.173. The van der Waals surface area contributed by atoms with Gasteiger partial charge in [-0.1, -0.05) is 172 Å². The van der Waals surface area contributed by atoms with Crippen LogP contribution in [0.2, 0.25) is 0 Å². The molecule has 4 nitrogen and oxygen atoms in total. The lowest BCUT2D eigenvalue weighted by atomic mass is 9.82. The molecule has 0 amide bonds. The number of nitrogens with zero attached hydrogens (tertiary/aromatic N) is 3. The Labute approximate surface area is 387 Å². The third kappa shape index (κ3) is 5.47. The molecule has 0 saturated carbocycles. The van der Waals surface area contributed by atoms with Crippen molar-refractivity contribution in [3.63, 3.8) is 0 Å². The van der Waals surface area contributed by atoms with Crippen LogP contribution in [0.15, 0.2) is 211 Å². The first-order valence-corrected chi connectivity index (χ1v) is 23.0. The molecule has 3 aromatic heterocycles. The Morgan fingerprint density at radius 2 is 1.09 bits per heavy atom. The molecular formula is C63H41N3O. The summed E-state index contributed by atoms with van der Waals surface area (Å²) in [7, 11) is 0. The van der Waals surface area contributed by atoms with Gasteiger partial charge in [-0.25, -0.2) is 9.97 Å². The average Bonchev–Trinajstić information content (AvgIpc) is 4.08. The second kappa shape index (κ2) is 14.0. The van der Waals surface area contributed by atoms with Crippen molar-refractivity contribution in [3.05, 3.63) is 229 Å². The first kappa shape index (κ1) is 37.7. The number of para-hydroxylation sites is 1. The molecule has 67 heavy (non-hydrogen) atoms. The second-order valence-electron chi connectivity index (χ2n) is 18.6. The highest BCUT2D eigenvalue weighted by atomic mass is 16.3. The summed E-state index contributed by atoms with van der Waals surface area (Å²) in [6.07, 6.45) is 0. The van der Waals surface area contributed by atoms with E-state index >= 15 is 0 Å². The van der Waals surface area contributed by atoms with Gasteiger partial charge in [0.1, 0.15) is 16.8 Å². The number of furan rings is 1. The van der Waals surface area contributed by atoms with E-state index in [2.05, 4.69) is 201 Å². The molecule has 0 N–H and O–H groups in total. The Kier molecular flexibility index (Phi) is 7.86. The van der Waals surface area contributed by atoms with Gasteiger partial charge in [-0.3, -0.25) is 0 Å². The molecule has 4 heteroatoms. The predicted octanol–water partition coefficient (Wildman–Crippen LogP) is 16.5. The number of hydrogen-bond donors (Lipinski definition) is 0. The van der Waals surface area contributed by atoms with Crippen LogP contribution in [0.25, 0.3) is 122 Å². The van der Waals surface area contributed by atoms with E-state index in [-0.39, 0.29) is 5.41 Å². The second-order valence-corrected chi connectivity index (χ2v) is 18.6.